The van der Waals surface area contributed by atoms with E-state index < -0.39 is 0 Å². The molecule has 1 unspecified atom stereocenters. The standard InChI is InChI=1S/C11H19N3O2.ClH/c1-4-6-14-7-5-12-9(11(14)16)8-10(15)13(2)3;/h4,9,12H,1,5-8H2,2-3H3;1H. The average molecular weight is 262 g/mol. The minimum Gasteiger partial charge on any atom is -0.349 e. The average Bonchev–Trinajstić information content (AvgIpc) is 2.24. The van der Waals surface area contributed by atoms with Gasteiger partial charge >= 0.3 is 0 Å². The Kier molecular flexibility index (Phi) is 6.83. The molecule has 2 amide bonds. The highest BCUT2D eigenvalue weighted by molar-refractivity contribution is 5.88. The summed E-state index contributed by atoms with van der Waals surface area (Å²) < 4.78 is 0. The van der Waals surface area contributed by atoms with Gasteiger partial charge in [-0.2, -0.15) is 0 Å². The number of nitrogens with one attached hydrogen (secondary N) is 1. The number of hydrogen-bond acceptors (Lipinski definition) is 3. The first-order chi connectivity index (χ1) is 7.56. The van der Waals surface area contributed by atoms with Gasteiger partial charge in [-0.25, -0.2) is 0 Å². The van der Waals surface area contributed by atoms with Crippen LogP contribution < -0.4 is 5.32 Å². The second-order valence-electron chi connectivity index (χ2n) is 4.07. The van der Waals surface area contributed by atoms with Crippen molar-refractivity contribution in [3.8, 4) is 0 Å². The summed E-state index contributed by atoms with van der Waals surface area (Å²) in [4.78, 5) is 26.7. The van der Waals surface area contributed by atoms with E-state index in [1.165, 1.54) is 4.90 Å². The Morgan fingerprint density at radius 2 is 2.29 bits per heavy atom. The van der Waals surface area contributed by atoms with Gasteiger partial charge in [0, 0.05) is 33.7 Å². The van der Waals surface area contributed by atoms with Crippen LogP contribution in [0.1, 0.15) is 6.42 Å². The molecule has 0 aromatic heterocycles. The first-order valence-corrected chi connectivity index (χ1v) is 5.39. The SMILES string of the molecule is C=CCN1CCNC(CC(=O)N(C)C)C1=O.Cl. The minimum absolute atomic E-state index is 0. The molecule has 1 atom stereocenters. The number of hydrogen-bond donors (Lipinski definition) is 1. The van der Waals surface area contributed by atoms with Crippen molar-refractivity contribution in [2.75, 3.05) is 33.7 Å². The van der Waals surface area contributed by atoms with E-state index in [9.17, 15) is 9.59 Å². The molecule has 0 aromatic rings. The van der Waals surface area contributed by atoms with Gasteiger partial charge in [-0.05, 0) is 0 Å². The number of carbonyl (C=O) groups excluding carboxylic acids is 2. The maximum absolute atomic E-state index is 11.9. The van der Waals surface area contributed by atoms with Gasteiger partial charge in [-0.15, -0.1) is 19.0 Å². The van der Waals surface area contributed by atoms with Gasteiger partial charge in [-0.3, -0.25) is 9.59 Å². The predicted octanol–water partition coefficient (Wildman–Crippen LogP) is -0.127. The van der Waals surface area contributed by atoms with Gasteiger partial charge in [-0.1, -0.05) is 6.08 Å². The van der Waals surface area contributed by atoms with Crippen molar-refractivity contribution in [1.82, 2.24) is 15.1 Å². The summed E-state index contributed by atoms with van der Waals surface area (Å²) in [5, 5.41) is 3.07. The number of piperazine rings is 1. The molecule has 6 heteroatoms. The van der Waals surface area contributed by atoms with Crippen LogP contribution in [0.3, 0.4) is 0 Å². The molecule has 0 saturated carbocycles. The number of nitrogens with zero attached hydrogens (tertiary/aromatic N) is 2. The van der Waals surface area contributed by atoms with Crippen LogP contribution in [0.5, 0.6) is 0 Å². The maximum atomic E-state index is 11.9. The third-order valence-corrected chi connectivity index (χ3v) is 2.61. The van der Waals surface area contributed by atoms with Crippen molar-refractivity contribution in [3.63, 3.8) is 0 Å². The van der Waals surface area contributed by atoms with Crippen LogP contribution in [0.4, 0.5) is 0 Å². The summed E-state index contributed by atoms with van der Waals surface area (Å²) in [5.41, 5.74) is 0. The Balaban J connectivity index is 0.00000256. The Bertz CT molecular complexity index is 294. The van der Waals surface area contributed by atoms with Gasteiger partial charge in [0.05, 0.1) is 12.5 Å². The highest BCUT2D eigenvalue weighted by Crippen LogP contribution is 2.06. The molecule has 1 fully saturated rings. The van der Waals surface area contributed by atoms with Gasteiger partial charge < -0.3 is 15.1 Å². The number of amides is 2. The molecule has 0 radical (unpaired) electrons. The molecule has 0 bridgehead atoms. The second-order valence-corrected chi connectivity index (χ2v) is 4.07. The van der Waals surface area contributed by atoms with E-state index in [4.69, 9.17) is 0 Å². The van der Waals surface area contributed by atoms with Crippen molar-refractivity contribution in [2.45, 2.75) is 12.5 Å². The minimum atomic E-state index is -0.386. The quantitative estimate of drug-likeness (QED) is 0.718. The smallest absolute Gasteiger partial charge is 0.240 e. The molecule has 0 aliphatic carbocycles. The highest BCUT2D eigenvalue weighted by atomic mass is 35.5. The van der Waals surface area contributed by atoms with E-state index in [1.54, 1.807) is 25.1 Å². The molecule has 1 aliphatic heterocycles. The zero-order valence-corrected chi connectivity index (χ0v) is 11.1. The normalized spacial score (nSPS) is 19.5. The van der Waals surface area contributed by atoms with Crippen LogP contribution in [0, 0.1) is 0 Å². The summed E-state index contributed by atoms with van der Waals surface area (Å²) in [6, 6.07) is -0.386. The van der Waals surface area contributed by atoms with Crippen LogP contribution in [0.25, 0.3) is 0 Å². The van der Waals surface area contributed by atoms with E-state index in [1.807, 2.05) is 0 Å². The van der Waals surface area contributed by atoms with E-state index >= 15 is 0 Å². The predicted molar refractivity (Wildman–Crippen MR) is 69.1 cm³/mol. The van der Waals surface area contributed by atoms with E-state index in [0.717, 1.165) is 6.54 Å². The molecule has 17 heavy (non-hydrogen) atoms. The fourth-order valence-corrected chi connectivity index (χ4v) is 1.65. The Labute approximate surface area is 108 Å². The van der Waals surface area contributed by atoms with Crippen LogP contribution in [-0.4, -0.2) is 61.4 Å². The third kappa shape index (κ3) is 4.36. The number of carbonyl (C=O) groups is 2. The Morgan fingerprint density at radius 3 is 2.82 bits per heavy atom. The van der Waals surface area contributed by atoms with Crippen molar-refractivity contribution >= 4 is 24.2 Å². The topological polar surface area (TPSA) is 52.7 Å². The second kappa shape index (κ2) is 7.29. The van der Waals surface area contributed by atoms with Crippen LogP contribution >= 0.6 is 12.4 Å². The molecule has 1 N–H and O–H groups in total. The molecule has 0 aromatic carbocycles. The molecular formula is C11H20ClN3O2. The third-order valence-electron chi connectivity index (χ3n) is 2.61. The molecule has 1 rings (SSSR count). The first kappa shape index (κ1) is 15.9. The van der Waals surface area contributed by atoms with Crippen LogP contribution in [0.15, 0.2) is 12.7 Å². The zero-order valence-electron chi connectivity index (χ0n) is 10.3. The lowest BCUT2D eigenvalue weighted by molar-refractivity contribution is -0.139. The summed E-state index contributed by atoms with van der Waals surface area (Å²) in [6.45, 7) is 5.57. The molecule has 5 nitrogen and oxygen atoms in total. The maximum Gasteiger partial charge on any atom is 0.240 e. The highest BCUT2D eigenvalue weighted by Gasteiger charge is 2.29. The molecule has 0 spiro atoms. The van der Waals surface area contributed by atoms with Crippen molar-refractivity contribution in [2.24, 2.45) is 0 Å². The Morgan fingerprint density at radius 1 is 1.65 bits per heavy atom. The van der Waals surface area contributed by atoms with Gasteiger partial charge in [0.2, 0.25) is 11.8 Å². The molecule has 1 saturated heterocycles. The van der Waals surface area contributed by atoms with Crippen molar-refractivity contribution in [3.05, 3.63) is 12.7 Å². The molecular weight excluding hydrogens is 242 g/mol. The van der Waals surface area contributed by atoms with E-state index in [2.05, 4.69) is 11.9 Å². The van der Waals surface area contributed by atoms with Crippen LogP contribution in [0.2, 0.25) is 0 Å². The molecule has 1 heterocycles. The molecule has 98 valence electrons. The van der Waals surface area contributed by atoms with E-state index in [-0.39, 0.29) is 36.7 Å². The lowest BCUT2D eigenvalue weighted by Crippen LogP contribution is -2.56. The summed E-state index contributed by atoms with van der Waals surface area (Å²) in [6.07, 6.45) is 1.92. The van der Waals surface area contributed by atoms with E-state index in [0.29, 0.717) is 13.1 Å². The van der Waals surface area contributed by atoms with Crippen LogP contribution in [-0.2, 0) is 9.59 Å². The number of halogens is 1. The van der Waals surface area contributed by atoms with Gasteiger partial charge in [0.15, 0.2) is 0 Å². The fraction of sp³-hybridized carbons (Fsp3) is 0.636. The summed E-state index contributed by atoms with van der Waals surface area (Å²) in [5.74, 6) is -0.0485. The Hall–Kier alpha value is -1.07. The first-order valence-electron chi connectivity index (χ1n) is 5.39. The zero-order chi connectivity index (χ0) is 12.1. The van der Waals surface area contributed by atoms with Crippen molar-refractivity contribution in [1.29, 1.82) is 0 Å². The summed E-state index contributed by atoms with van der Waals surface area (Å²) in [7, 11) is 3.38. The van der Waals surface area contributed by atoms with Crippen molar-refractivity contribution < 1.29 is 9.59 Å². The number of rotatable bonds is 4. The van der Waals surface area contributed by atoms with Gasteiger partial charge in [0.1, 0.15) is 0 Å². The molecule has 1 aliphatic rings. The van der Waals surface area contributed by atoms with Gasteiger partial charge in [0.25, 0.3) is 0 Å². The monoisotopic (exact) mass is 261 g/mol. The fourth-order valence-electron chi connectivity index (χ4n) is 1.65. The lowest BCUT2D eigenvalue weighted by atomic mass is 10.1. The lowest BCUT2D eigenvalue weighted by Gasteiger charge is -2.32. The largest absolute Gasteiger partial charge is 0.349 e. The summed E-state index contributed by atoms with van der Waals surface area (Å²) >= 11 is 0.